The molecular formula is C12H34N6O. The molecule has 7 heteroatoms. The number of aliphatic hydroxyl groups is 1. The van der Waals surface area contributed by atoms with Gasteiger partial charge in [0.2, 0.25) is 0 Å². The summed E-state index contributed by atoms with van der Waals surface area (Å²) in [6.45, 7) is 11.1. The van der Waals surface area contributed by atoms with Crippen molar-refractivity contribution in [3.8, 4) is 0 Å². The van der Waals surface area contributed by atoms with E-state index in [-0.39, 0.29) is 6.61 Å². The van der Waals surface area contributed by atoms with Crippen molar-refractivity contribution in [2.24, 2.45) is 11.5 Å². The van der Waals surface area contributed by atoms with E-state index in [0.29, 0.717) is 13.1 Å². The van der Waals surface area contributed by atoms with E-state index in [1.807, 2.05) is 0 Å². The SMILES string of the molecule is CCO.NCCNCCNCCNCCNCCN. The maximum atomic E-state index is 7.57. The normalized spacial score (nSPS) is 10.1. The largest absolute Gasteiger partial charge is 0.397 e. The van der Waals surface area contributed by atoms with Gasteiger partial charge in [0.15, 0.2) is 0 Å². The van der Waals surface area contributed by atoms with E-state index in [9.17, 15) is 0 Å². The summed E-state index contributed by atoms with van der Waals surface area (Å²) in [5, 5.41) is 20.7. The molecule has 0 atom stereocenters. The number of aliphatic hydroxyl groups excluding tert-OH is 1. The van der Waals surface area contributed by atoms with Crippen molar-refractivity contribution in [1.29, 1.82) is 0 Å². The van der Waals surface area contributed by atoms with Crippen LogP contribution in [0.2, 0.25) is 0 Å². The van der Waals surface area contributed by atoms with Gasteiger partial charge >= 0.3 is 0 Å². The third-order valence-corrected chi connectivity index (χ3v) is 2.08. The summed E-state index contributed by atoms with van der Waals surface area (Å²) >= 11 is 0. The van der Waals surface area contributed by atoms with Crippen molar-refractivity contribution in [2.75, 3.05) is 72.1 Å². The van der Waals surface area contributed by atoms with Gasteiger partial charge in [0.1, 0.15) is 0 Å². The summed E-state index contributed by atoms with van der Waals surface area (Å²) in [7, 11) is 0. The molecular weight excluding hydrogens is 244 g/mol. The van der Waals surface area contributed by atoms with Crippen LogP contribution in [0, 0.1) is 0 Å². The fourth-order valence-electron chi connectivity index (χ4n) is 1.23. The van der Waals surface area contributed by atoms with E-state index in [4.69, 9.17) is 16.6 Å². The van der Waals surface area contributed by atoms with Gasteiger partial charge in [-0.15, -0.1) is 0 Å². The van der Waals surface area contributed by atoms with Gasteiger partial charge in [-0.05, 0) is 6.92 Å². The Kier molecular flexibility index (Phi) is 25.3. The second-order valence-corrected chi connectivity index (χ2v) is 3.89. The summed E-state index contributed by atoms with van der Waals surface area (Å²) in [6.07, 6.45) is 0. The number of hydrogen-bond acceptors (Lipinski definition) is 7. The maximum absolute atomic E-state index is 7.57. The van der Waals surface area contributed by atoms with E-state index in [0.717, 1.165) is 52.4 Å². The summed E-state index contributed by atoms with van der Waals surface area (Å²) in [4.78, 5) is 0. The van der Waals surface area contributed by atoms with E-state index in [1.54, 1.807) is 6.92 Å². The molecule has 0 rings (SSSR count). The van der Waals surface area contributed by atoms with Crippen molar-refractivity contribution in [3.05, 3.63) is 0 Å². The molecule has 0 heterocycles. The summed E-state index contributed by atoms with van der Waals surface area (Å²) < 4.78 is 0. The lowest BCUT2D eigenvalue weighted by atomic mass is 10.5. The molecule has 0 aliphatic rings. The van der Waals surface area contributed by atoms with Gasteiger partial charge in [0.25, 0.3) is 0 Å². The standard InChI is InChI=1S/C10H28N6.C2H6O/c11-1-3-13-5-7-15-9-10-16-8-6-14-4-2-12;1-2-3/h13-16H,1-12H2;3H,2H2,1H3. The first-order valence-corrected chi connectivity index (χ1v) is 7.17. The predicted molar refractivity (Wildman–Crippen MR) is 82.3 cm³/mol. The van der Waals surface area contributed by atoms with Gasteiger partial charge in [-0.3, -0.25) is 0 Å². The van der Waals surface area contributed by atoms with Gasteiger partial charge in [-0.25, -0.2) is 0 Å². The Bertz CT molecular complexity index is 125. The van der Waals surface area contributed by atoms with E-state index < -0.39 is 0 Å². The monoisotopic (exact) mass is 278 g/mol. The van der Waals surface area contributed by atoms with Crippen molar-refractivity contribution in [3.63, 3.8) is 0 Å². The molecule has 0 saturated heterocycles. The molecule has 0 unspecified atom stereocenters. The molecule has 0 radical (unpaired) electrons. The molecule has 0 aliphatic carbocycles. The summed E-state index contributed by atoms with van der Waals surface area (Å²) in [5.74, 6) is 0. The van der Waals surface area contributed by atoms with Crippen LogP contribution in [0.1, 0.15) is 6.92 Å². The molecule has 0 bridgehead atoms. The Morgan fingerprint density at radius 1 is 0.632 bits per heavy atom. The third-order valence-electron chi connectivity index (χ3n) is 2.08. The van der Waals surface area contributed by atoms with Crippen LogP contribution in [0.25, 0.3) is 0 Å². The first kappa shape index (κ1) is 21.0. The second-order valence-electron chi connectivity index (χ2n) is 3.89. The number of nitrogens with one attached hydrogen (secondary N) is 4. The first-order chi connectivity index (χ1) is 9.33. The van der Waals surface area contributed by atoms with Gasteiger partial charge in [-0.1, -0.05) is 0 Å². The number of hydrogen-bond donors (Lipinski definition) is 7. The van der Waals surface area contributed by atoms with Crippen LogP contribution < -0.4 is 32.7 Å². The second kappa shape index (κ2) is 22.9. The lowest BCUT2D eigenvalue weighted by molar-refractivity contribution is 0.318. The molecule has 0 spiro atoms. The zero-order valence-corrected chi connectivity index (χ0v) is 12.4. The van der Waals surface area contributed by atoms with Crippen LogP contribution in [0.3, 0.4) is 0 Å². The van der Waals surface area contributed by atoms with Crippen LogP contribution in [-0.4, -0.2) is 77.2 Å². The minimum atomic E-state index is 0.250. The van der Waals surface area contributed by atoms with Crippen molar-refractivity contribution in [2.45, 2.75) is 6.92 Å². The molecule has 0 aromatic rings. The third kappa shape index (κ3) is 27.1. The van der Waals surface area contributed by atoms with E-state index in [2.05, 4.69) is 21.3 Å². The Morgan fingerprint density at radius 3 is 1.05 bits per heavy atom. The highest BCUT2D eigenvalue weighted by molar-refractivity contribution is 4.56. The van der Waals surface area contributed by atoms with Gasteiger partial charge in [0, 0.05) is 72.1 Å². The molecule has 19 heavy (non-hydrogen) atoms. The van der Waals surface area contributed by atoms with Crippen LogP contribution in [-0.2, 0) is 0 Å². The average molecular weight is 278 g/mol. The Morgan fingerprint density at radius 2 is 0.842 bits per heavy atom. The quantitative estimate of drug-likeness (QED) is 0.183. The fourth-order valence-corrected chi connectivity index (χ4v) is 1.23. The molecule has 0 aromatic heterocycles. The highest BCUT2D eigenvalue weighted by atomic mass is 16.2. The Labute approximate surface area is 117 Å². The smallest absolute Gasteiger partial charge is 0.0402 e. The van der Waals surface area contributed by atoms with Gasteiger partial charge in [0.05, 0.1) is 0 Å². The molecule has 0 fully saturated rings. The molecule has 0 amide bonds. The van der Waals surface area contributed by atoms with E-state index in [1.165, 1.54) is 0 Å². The topological polar surface area (TPSA) is 120 Å². The predicted octanol–water partition coefficient (Wildman–Crippen LogP) is -2.74. The lowest BCUT2D eigenvalue weighted by Gasteiger charge is -2.07. The summed E-state index contributed by atoms with van der Waals surface area (Å²) in [6, 6.07) is 0. The van der Waals surface area contributed by atoms with Crippen molar-refractivity contribution < 1.29 is 5.11 Å². The zero-order chi connectivity index (χ0) is 14.6. The van der Waals surface area contributed by atoms with Crippen LogP contribution >= 0.6 is 0 Å². The number of nitrogens with two attached hydrogens (primary N) is 2. The minimum absolute atomic E-state index is 0.250. The lowest BCUT2D eigenvalue weighted by Crippen LogP contribution is -2.36. The van der Waals surface area contributed by atoms with Crippen molar-refractivity contribution in [1.82, 2.24) is 21.3 Å². The summed E-state index contributed by atoms with van der Waals surface area (Å²) in [5.41, 5.74) is 10.7. The molecule has 0 aliphatic heterocycles. The van der Waals surface area contributed by atoms with Crippen LogP contribution in [0.15, 0.2) is 0 Å². The zero-order valence-electron chi connectivity index (χ0n) is 12.4. The molecule has 9 N–H and O–H groups in total. The average Bonchev–Trinajstić information content (AvgIpc) is 2.41. The Hall–Kier alpha value is -0.280. The Balaban J connectivity index is 0. The highest BCUT2D eigenvalue weighted by Gasteiger charge is 1.88. The molecule has 7 nitrogen and oxygen atoms in total. The van der Waals surface area contributed by atoms with Crippen LogP contribution in [0.5, 0.6) is 0 Å². The van der Waals surface area contributed by atoms with Gasteiger partial charge in [-0.2, -0.15) is 0 Å². The fraction of sp³-hybridized carbons (Fsp3) is 1.00. The van der Waals surface area contributed by atoms with Crippen LogP contribution in [0.4, 0.5) is 0 Å². The minimum Gasteiger partial charge on any atom is -0.397 e. The molecule has 118 valence electrons. The van der Waals surface area contributed by atoms with E-state index >= 15 is 0 Å². The first-order valence-electron chi connectivity index (χ1n) is 7.17. The molecule has 0 saturated carbocycles. The molecule has 0 aromatic carbocycles. The maximum Gasteiger partial charge on any atom is 0.0402 e. The van der Waals surface area contributed by atoms with Crippen molar-refractivity contribution >= 4 is 0 Å². The highest BCUT2D eigenvalue weighted by Crippen LogP contribution is 1.62. The number of rotatable bonds is 13. The van der Waals surface area contributed by atoms with Gasteiger partial charge < -0.3 is 37.8 Å².